The molecule has 128 valence electrons. The van der Waals surface area contributed by atoms with Gasteiger partial charge in [0.15, 0.2) is 0 Å². The number of thiophene rings is 1. The van der Waals surface area contributed by atoms with Gasteiger partial charge in [0, 0.05) is 25.2 Å². The van der Waals surface area contributed by atoms with Crippen molar-refractivity contribution >= 4 is 33.2 Å². The number of amides is 2. The molecule has 1 N–H and O–H groups in total. The van der Waals surface area contributed by atoms with Crippen LogP contribution in [0.3, 0.4) is 0 Å². The lowest BCUT2D eigenvalue weighted by Crippen LogP contribution is -2.50. The second-order valence-corrected chi connectivity index (χ2v) is 7.59. The van der Waals surface area contributed by atoms with Crippen molar-refractivity contribution in [2.75, 3.05) is 7.05 Å². The quantitative estimate of drug-likeness (QED) is 0.902. The van der Waals surface area contributed by atoms with Crippen molar-refractivity contribution in [3.8, 4) is 0 Å². The summed E-state index contributed by atoms with van der Waals surface area (Å²) in [5.41, 5.74) is 1.17. The number of nitrogens with zero attached hydrogens (tertiary/aromatic N) is 1. The van der Waals surface area contributed by atoms with Gasteiger partial charge in [-0.1, -0.05) is 31.0 Å². The molecule has 0 unspecified atom stereocenters. The molecule has 0 bridgehead atoms. The van der Waals surface area contributed by atoms with Gasteiger partial charge in [-0.05, 0) is 41.2 Å². The van der Waals surface area contributed by atoms with E-state index in [4.69, 9.17) is 0 Å². The van der Waals surface area contributed by atoms with Crippen molar-refractivity contribution in [1.29, 1.82) is 0 Å². The van der Waals surface area contributed by atoms with Crippen molar-refractivity contribution < 1.29 is 9.59 Å². The first-order valence-corrected chi connectivity index (χ1v) is 9.41. The summed E-state index contributed by atoms with van der Waals surface area (Å²) in [4.78, 5) is 26.2. The van der Waals surface area contributed by atoms with Crippen LogP contribution in [0.2, 0.25) is 0 Å². The van der Waals surface area contributed by atoms with Crippen LogP contribution in [0.15, 0.2) is 29.6 Å². The predicted molar refractivity (Wildman–Crippen MR) is 97.9 cm³/mol. The molecule has 1 aromatic carbocycles. The fourth-order valence-electron chi connectivity index (χ4n) is 3.62. The monoisotopic (exact) mass is 344 g/mol. The molecule has 1 saturated carbocycles. The number of nitrogens with one attached hydrogen (secondary N) is 1. The van der Waals surface area contributed by atoms with Gasteiger partial charge >= 0.3 is 0 Å². The van der Waals surface area contributed by atoms with E-state index in [2.05, 4.69) is 22.8 Å². The molecule has 1 aliphatic carbocycles. The Morgan fingerprint density at radius 2 is 2.00 bits per heavy atom. The van der Waals surface area contributed by atoms with Gasteiger partial charge in [-0.25, -0.2) is 0 Å². The largest absolute Gasteiger partial charge is 0.344 e. The summed E-state index contributed by atoms with van der Waals surface area (Å²) in [6, 6.07) is 7.87. The van der Waals surface area contributed by atoms with Crippen molar-refractivity contribution in [3.05, 3.63) is 35.2 Å². The van der Waals surface area contributed by atoms with E-state index in [0.717, 1.165) is 25.7 Å². The van der Waals surface area contributed by atoms with Crippen LogP contribution in [-0.4, -0.2) is 29.8 Å². The Balaban J connectivity index is 1.75. The van der Waals surface area contributed by atoms with Crippen LogP contribution in [0, 0.1) is 5.92 Å². The van der Waals surface area contributed by atoms with E-state index >= 15 is 0 Å². The minimum atomic E-state index is -0.389. The summed E-state index contributed by atoms with van der Waals surface area (Å²) in [7, 11) is 1.83. The second kappa shape index (κ2) is 7.34. The Hall–Kier alpha value is -1.88. The van der Waals surface area contributed by atoms with Crippen LogP contribution < -0.4 is 5.32 Å². The zero-order valence-corrected chi connectivity index (χ0v) is 15.1. The van der Waals surface area contributed by atoms with Gasteiger partial charge in [0.2, 0.25) is 11.8 Å². The molecule has 1 aliphatic rings. The molecule has 1 heterocycles. The van der Waals surface area contributed by atoms with E-state index in [0.29, 0.717) is 6.54 Å². The highest BCUT2D eigenvalue weighted by Crippen LogP contribution is 2.30. The second-order valence-electron chi connectivity index (χ2n) is 6.67. The van der Waals surface area contributed by atoms with Gasteiger partial charge in [-0.15, -0.1) is 11.3 Å². The average molecular weight is 344 g/mol. The standard InChI is InChI=1S/C19H24N2O2S/c1-13(22)20-18(14-7-3-4-8-14)19(23)21(2)11-15-12-24-17-10-6-5-9-16(15)17/h5-6,9-10,12,14,18H,3-4,7-8,11H2,1-2H3,(H,20,22)/t18-/m0/s1. The average Bonchev–Trinajstić information content (AvgIpc) is 3.22. The molecule has 1 atom stereocenters. The minimum Gasteiger partial charge on any atom is -0.344 e. The maximum absolute atomic E-state index is 12.9. The summed E-state index contributed by atoms with van der Waals surface area (Å²) >= 11 is 1.70. The number of likely N-dealkylation sites (N-methyl/N-ethyl adjacent to an activating group) is 1. The summed E-state index contributed by atoms with van der Waals surface area (Å²) < 4.78 is 1.24. The highest BCUT2D eigenvalue weighted by atomic mass is 32.1. The fourth-order valence-corrected chi connectivity index (χ4v) is 4.57. The van der Waals surface area contributed by atoms with Gasteiger partial charge in [-0.3, -0.25) is 9.59 Å². The molecule has 1 fully saturated rings. The maximum Gasteiger partial charge on any atom is 0.245 e. The maximum atomic E-state index is 12.9. The summed E-state index contributed by atoms with van der Waals surface area (Å²) in [6.45, 7) is 2.06. The first kappa shape index (κ1) is 17.0. The van der Waals surface area contributed by atoms with Crippen LogP contribution in [0.1, 0.15) is 38.2 Å². The molecule has 0 spiro atoms. The molecule has 1 aromatic heterocycles. The number of carbonyl (C=O) groups is 2. The zero-order valence-electron chi connectivity index (χ0n) is 14.2. The lowest BCUT2D eigenvalue weighted by atomic mass is 9.96. The molecule has 24 heavy (non-hydrogen) atoms. The first-order valence-electron chi connectivity index (χ1n) is 8.53. The number of hydrogen-bond donors (Lipinski definition) is 1. The predicted octanol–water partition coefficient (Wildman–Crippen LogP) is 3.55. The third kappa shape index (κ3) is 3.61. The molecule has 2 amide bonds. The topological polar surface area (TPSA) is 49.4 Å². The highest BCUT2D eigenvalue weighted by molar-refractivity contribution is 7.17. The fraction of sp³-hybridized carbons (Fsp3) is 0.474. The molecule has 0 radical (unpaired) electrons. The number of benzene rings is 1. The number of rotatable bonds is 5. The molecule has 5 heteroatoms. The van der Waals surface area contributed by atoms with Crippen LogP contribution in [0.25, 0.3) is 10.1 Å². The van der Waals surface area contributed by atoms with Crippen molar-refractivity contribution in [2.24, 2.45) is 5.92 Å². The van der Waals surface area contributed by atoms with E-state index in [1.807, 2.05) is 19.2 Å². The van der Waals surface area contributed by atoms with Gasteiger partial charge in [0.1, 0.15) is 6.04 Å². The van der Waals surface area contributed by atoms with E-state index in [1.165, 1.54) is 22.6 Å². The molecular weight excluding hydrogens is 320 g/mol. The molecule has 2 aromatic rings. The minimum absolute atomic E-state index is 0.0207. The zero-order chi connectivity index (χ0) is 17.1. The lowest BCUT2D eigenvalue weighted by Gasteiger charge is -2.28. The molecule has 4 nitrogen and oxygen atoms in total. The third-order valence-electron chi connectivity index (χ3n) is 4.84. The van der Waals surface area contributed by atoms with E-state index in [9.17, 15) is 9.59 Å². The van der Waals surface area contributed by atoms with Gasteiger partial charge in [-0.2, -0.15) is 0 Å². The summed E-state index contributed by atoms with van der Waals surface area (Å²) in [5, 5.41) is 6.22. The van der Waals surface area contributed by atoms with Crippen molar-refractivity contribution in [3.63, 3.8) is 0 Å². The smallest absolute Gasteiger partial charge is 0.245 e. The van der Waals surface area contributed by atoms with Crippen LogP contribution in [0.4, 0.5) is 0 Å². The SMILES string of the molecule is CC(=O)N[C@H](C(=O)N(C)Cc1csc2ccccc12)C1CCCC1. The Labute approximate surface area is 146 Å². The van der Waals surface area contributed by atoms with Crippen LogP contribution in [0.5, 0.6) is 0 Å². The third-order valence-corrected chi connectivity index (χ3v) is 5.85. The van der Waals surface area contributed by atoms with Gasteiger partial charge in [0.05, 0.1) is 0 Å². The van der Waals surface area contributed by atoms with Gasteiger partial charge in [0.25, 0.3) is 0 Å². The Kier molecular flexibility index (Phi) is 5.19. The Morgan fingerprint density at radius 3 is 2.71 bits per heavy atom. The Bertz CT molecular complexity index is 734. The number of fused-ring (bicyclic) bond motifs is 1. The van der Waals surface area contributed by atoms with Crippen molar-refractivity contribution in [1.82, 2.24) is 10.2 Å². The van der Waals surface area contributed by atoms with Crippen LogP contribution in [-0.2, 0) is 16.1 Å². The molecule has 0 saturated heterocycles. The molecular formula is C19H24N2O2S. The van der Waals surface area contributed by atoms with Gasteiger partial charge < -0.3 is 10.2 Å². The summed E-state index contributed by atoms with van der Waals surface area (Å²) in [5.74, 6) is 0.157. The van der Waals surface area contributed by atoms with E-state index < -0.39 is 0 Å². The highest BCUT2D eigenvalue weighted by Gasteiger charge is 2.33. The number of hydrogen-bond acceptors (Lipinski definition) is 3. The van der Waals surface area contributed by atoms with E-state index in [-0.39, 0.29) is 23.8 Å². The molecule has 3 rings (SSSR count). The number of carbonyl (C=O) groups excluding carboxylic acids is 2. The van der Waals surface area contributed by atoms with Crippen LogP contribution >= 0.6 is 11.3 Å². The van der Waals surface area contributed by atoms with E-state index in [1.54, 1.807) is 16.2 Å². The molecule has 0 aliphatic heterocycles. The summed E-state index contributed by atoms with van der Waals surface area (Å²) in [6.07, 6.45) is 4.33. The lowest BCUT2D eigenvalue weighted by molar-refractivity contribution is -0.136. The first-order chi connectivity index (χ1) is 11.6. The van der Waals surface area contributed by atoms with Crippen molar-refractivity contribution in [2.45, 2.75) is 45.2 Å². The Morgan fingerprint density at radius 1 is 1.29 bits per heavy atom. The normalized spacial score (nSPS) is 16.2.